The molecule has 1 spiro atoms. The predicted octanol–water partition coefficient (Wildman–Crippen LogP) is 14.5. The fourth-order valence-electron chi connectivity index (χ4n) is 10.7. The fraction of sp³-hybridized carbons (Fsp3) is 0.0526. The monoisotopic (exact) mass is 739 g/mol. The zero-order valence-electron chi connectivity index (χ0n) is 32.4. The van der Waals surface area contributed by atoms with Gasteiger partial charge >= 0.3 is 0 Å². The molecule has 0 bridgehead atoms. The van der Waals surface area contributed by atoms with Crippen LogP contribution in [0.15, 0.2) is 231 Å². The van der Waals surface area contributed by atoms with Gasteiger partial charge in [-0.1, -0.05) is 189 Å². The topological polar surface area (TPSA) is 3.24 Å². The third kappa shape index (κ3) is 4.53. The second-order valence-electron chi connectivity index (χ2n) is 15.5. The van der Waals surface area contributed by atoms with E-state index < -0.39 is 10.8 Å². The molecule has 8 aromatic rings. The van der Waals surface area contributed by atoms with Crippen molar-refractivity contribution >= 4 is 17.1 Å². The minimum atomic E-state index is -0.494. The Bertz CT molecular complexity index is 2920. The van der Waals surface area contributed by atoms with E-state index >= 15 is 0 Å². The first kappa shape index (κ1) is 34.1. The average Bonchev–Trinajstić information content (AvgIpc) is 3.87. The van der Waals surface area contributed by atoms with Gasteiger partial charge in [-0.3, -0.25) is 0 Å². The third-order valence-electron chi connectivity index (χ3n) is 12.9. The van der Waals surface area contributed by atoms with Crippen molar-refractivity contribution in [2.45, 2.75) is 17.8 Å². The molecule has 58 heavy (non-hydrogen) atoms. The molecule has 1 heteroatoms. The number of anilines is 3. The Labute approximate surface area is 341 Å². The number of para-hydroxylation sites is 1. The van der Waals surface area contributed by atoms with Gasteiger partial charge in [-0.05, 0) is 121 Å². The predicted molar refractivity (Wildman–Crippen MR) is 242 cm³/mol. The highest BCUT2D eigenvalue weighted by Crippen LogP contribution is 2.64. The minimum Gasteiger partial charge on any atom is -0.310 e. The van der Waals surface area contributed by atoms with E-state index in [2.05, 4.69) is 231 Å². The minimum absolute atomic E-state index is 0.425. The van der Waals surface area contributed by atoms with Crippen LogP contribution in [-0.2, 0) is 10.8 Å². The van der Waals surface area contributed by atoms with E-state index in [1.54, 1.807) is 0 Å². The smallest absolute Gasteiger partial charge is 0.0726 e. The molecule has 0 heterocycles. The number of fused-ring (bicyclic) bond motifs is 13. The lowest BCUT2D eigenvalue weighted by Crippen LogP contribution is -2.29. The molecule has 0 fully saturated rings. The maximum atomic E-state index is 4.03. The van der Waals surface area contributed by atoms with Gasteiger partial charge in [-0.25, -0.2) is 0 Å². The van der Waals surface area contributed by atoms with Gasteiger partial charge in [0.25, 0.3) is 0 Å². The standard InChI is InChI=1S/C57H41N/c1-3-5-20-39(4-2)56(40-21-8-6-9-22-40)50-29-16-15-28-47(50)49-37-42(34-36-54(49)56)58(41-23-10-7-11-24-41)43-33-35-48-46-27-14-19-32-53(46)57(55(48)38-43)51-30-17-12-25-44(51)45-26-13-18-31-52(45)57/h3-38H,1H2,2H3/b20-5-,39-4+. The SMILES string of the molecule is C=C/C=C\C(=C/C)C1(c2ccccc2)c2ccccc2-c2cc(N(c3ccccc3)c3ccc4c(c3)C3(c5ccccc5-c5ccccc53)c3ccccc3-4)ccc21. The van der Waals surface area contributed by atoms with Gasteiger partial charge in [-0.15, -0.1) is 0 Å². The van der Waals surface area contributed by atoms with Crippen LogP contribution in [0.25, 0.3) is 33.4 Å². The molecule has 0 saturated carbocycles. The Balaban J connectivity index is 1.16. The van der Waals surface area contributed by atoms with Crippen LogP contribution in [0.2, 0.25) is 0 Å². The number of hydrogen-bond acceptors (Lipinski definition) is 1. The maximum absolute atomic E-state index is 4.03. The summed E-state index contributed by atoms with van der Waals surface area (Å²) in [5, 5.41) is 0. The average molecular weight is 740 g/mol. The molecular weight excluding hydrogens is 699 g/mol. The first-order valence-corrected chi connectivity index (χ1v) is 20.3. The third-order valence-corrected chi connectivity index (χ3v) is 12.9. The van der Waals surface area contributed by atoms with Crippen LogP contribution in [0, 0.1) is 0 Å². The Kier molecular flexibility index (Phi) is 7.74. The Hall–Kier alpha value is -7.22. The summed E-state index contributed by atoms with van der Waals surface area (Å²) in [6.45, 7) is 6.18. The van der Waals surface area contributed by atoms with Gasteiger partial charge in [0.2, 0.25) is 0 Å². The summed E-state index contributed by atoms with van der Waals surface area (Å²) in [5.74, 6) is 0. The second kappa shape index (κ2) is 13.2. The largest absolute Gasteiger partial charge is 0.310 e. The summed E-state index contributed by atoms with van der Waals surface area (Å²) in [6.07, 6.45) is 8.42. The quantitative estimate of drug-likeness (QED) is 0.147. The van der Waals surface area contributed by atoms with Crippen molar-refractivity contribution in [2.75, 3.05) is 4.90 Å². The van der Waals surface area contributed by atoms with Crippen LogP contribution in [0.3, 0.4) is 0 Å². The summed E-state index contributed by atoms with van der Waals surface area (Å²) >= 11 is 0. The highest BCUT2D eigenvalue weighted by Gasteiger charge is 2.52. The van der Waals surface area contributed by atoms with Gasteiger partial charge in [0.15, 0.2) is 0 Å². The number of allylic oxidation sites excluding steroid dienone is 5. The molecule has 3 aliphatic carbocycles. The Morgan fingerprint density at radius 1 is 0.431 bits per heavy atom. The summed E-state index contributed by atoms with van der Waals surface area (Å²) in [4.78, 5) is 2.45. The number of nitrogens with zero attached hydrogens (tertiary/aromatic N) is 1. The molecule has 11 rings (SSSR count). The van der Waals surface area contributed by atoms with Gasteiger partial charge < -0.3 is 4.90 Å². The normalized spacial score (nSPS) is 16.3. The molecular formula is C57H41N. The van der Waals surface area contributed by atoms with E-state index in [1.165, 1.54) is 77.9 Å². The van der Waals surface area contributed by atoms with Gasteiger partial charge in [0.1, 0.15) is 0 Å². The zero-order chi connectivity index (χ0) is 38.8. The van der Waals surface area contributed by atoms with Crippen molar-refractivity contribution in [2.24, 2.45) is 0 Å². The van der Waals surface area contributed by atoms with Crippen molar-refractivity contribution in [3.63, 3.8) is 0 Å². The summed E-state index contributed by atoms with van der Waals surface area (Å²) in [5.41, 5.74) is 20.6. The zero-order valence-corrected chi connectivity index (χ0v) is 32.4. The van der Waals surface area contributed by atoms with E-state index in [4.69, 9.17) is 0 Å². The van der Waals surface area contributed by atoms with Crippen LogP contribution in [0.5, 0.6) is 0 Å². The molecule has 3 aliphatic rings. The number of hydrogen-bond donors (Lipinski definition) is 0. The lowest BCUT2D eigenvalue weighted by atomic mass is 9.67. The van der Waals surface area contributed by atoms with Crippen LogP contribution in [-0.4, -0.2) is 0 Å². The Morgan fingerprint density at radius 3 is 1.48 bits per heavy atom. The molecule has 0 aliphatic heterocycles. The van der Waals surface area contributed by atoms with Crippen molar-refractivity contribution < 1.29 is 0 Å². The van der Waals surface area contributed by atoms with E-state index in [0.29, 0.717) is 0 Å². The molecule has 1 unspecified atom stereocenters. The Morgan fingerprint density at radius 2 is 0.897 bits per heavy atom. The van der Waals surface area contributed by atoms with E-state index in [-0.39, 0.29) is 0 Å². The maximum Gasteiger partial charge on any atom is 0.0726 e. The van der Waals surface area contributed by atoms with Crippen LogP contribution >= 0.6 is 0 Å². The number of rotatable bonds is 7. The van der Waals surface area contributed by atoms with Gasteiger partial charge in [0.05, 0.1) is 10.8 Å². The van der Waals surface area contributed by atoms with Crippen molar-refractivity contribution in [1.29, 1.82) is 0 Å². The molecule has 1 nitrogen and oxygen atoms in total. The highest BCUT2D eigenvalue weighted by molar-refractivity contribution is 5.97. The van der Waals surface area contributed by atoms with Gasteiger partial charge in [-0.2, -0.15) is 0 Å². The van der Waals surface area contributed by atoms with Crippen LogP contribution < -0.4 is 4.90 Å². The van der Waals surface area contributed by atoms with E-state index in [0.717, 1.165) is 17.1 Å². The lowest BCUT2D eigenvalue weighted by molar-refractivity contribution is 0.765. The van der Waals surface area contributed by atoms with Crippen molar-refractivity contribution in [3.05, 3.63) is 270 Å². The van der Waals surface area contributed by atoms with E-state index in [9.17, 15) is 0 Å². The molecule has 0 N–H and O–H groups in total. The van der Waals surface area contributed by atoms with E-state index in [1.807, 2.05) is 6.08 Å². The number of benzene rings is 8. The molecule has 0 amide bonds. The fourth-order valence-corrected chi connectivity index (χ4v) is 10.7. The van der Waals surface area contributed by atoms with Crippen LogP contribution in [0.1, 0.15) is 45.9 Å². The molecule has 0 radical (unpaired) electrons. The summed E-state index contributed by atoms with van der Waals surface area (Å²) < 4.78 is 0. The summed E-state index contributed by atoms with van der Waals surface area (Å²) in [7, 11) is 0. The first-order valence-electron chi connectivity index (χ1n) is 20.3. The molecule has 1 atom stereocenters. The van der Waals surface area contributed by atoms with Crippen LogP contribution in [0.4, 0.5) is 17.1 Å². The highest BCUT2D eigenvalue weighted by atomic mass is 15.1. The molecule has 274 valence electrons. The molecule has 0 saturated heterocycles. The molecule has 0 aromatic heterocycles. The van der Waals surface area contributed by atoms with Gasteiger partial charge in [0, 0.05) is 17.1 Å². The van der Waals surface area contributed by atoms with Crippen molar-refractivity contribution in [1.82, 2.24) is 0 Å². The lowest BCUT2D eigenvalue weighted by Gasteiger charge is -2.35. The van der Waals surface area contributed by atoms with Crippen molar-refractivity contribution in [3.8, 4) is 33.4 Å². The molecule has 8 aromatic carbocycles. The second-order valence-corrected chi connectivity index (χ2v) is 15.5. The first-order chi connectivity index (χ1) is 28.7. The summed E-state index contributed by atoms with van der Waals surface area (Å²) in [6, 6.07) is 72.2.